The van der Waals surface area contributed by atoms with E-state index in [1.165, 1.54) is 7.11 Å². The molecule has 200 valence electrons. The molecule has 1 fully saturated rings. The lowest BCUT2D eigenvalue weighted by molar-refractivity contribution is 0.00152. The summed E-state index contributed by atoms with van der Waals surface area (Å²) >= 11 is 0. The number of aromatic nitrogens is 6. The number of nitrogens with zero attached hydrogens (tertiary/aromatic N) is 6. The number of rotatable bonds is 12. The minimum atomic E-state index is -4.03. The third-order valence-corrected chi connectivity index (χ3v) is 7.86. The molecule has 0 unspecified atom stereocenters. The molecule has 1 N–H and O–H groups in total. The van der Waals surface area contributed by atoms with E-state index in [0.29, 0.717) is 24.0 Å². The second-order valence-corrected chi connectivity index (χ2v) is 11.5. The molecule has 3 heterocycles. The van der Waals surface area contributed by atoms with Crippen LogP contribution in [-0.4, -0.2) is 70.3 Å². The van der Waals surface area contributed by atoms with Crippen molar-refractivity contribution in [3.63, 3.8) is 0 Å². The van der Waals surface area contributed by atoms with Crippen LogP contribution < -0.4 is 9.46 Å². The molecule has 2 atom stereocenters. The molecule has 0 aliphatic heterocycles. The summed E-state index contributed by atoms with van der Waals surface area (Å²) in [6.07, 6.45) is 3.67. The number of aryl methyl sites for hydroxylation is 1. The third kappa shape index (κ3) is 5.73. The number of ether oxygens (including phenoxy) is 3. The van der Waals surface area contributed by atoms with Crippen LogP contribution >= 0.6 is 0 Å². The largest absolute Gasteiger partial charge is 0.481 e. The summed E-state index contributed by atoms with van der Waals surface area (Å²) in [7, 11) is -0.900. The van der Waals surface area contributed by atoms with Crippen LogP contribution in [0.3, 0.4) is 0 Å². The Morgan fingerprint density at radius 2 is 1.81 bits per heavy atom. The summed E-state index contributed by atoms with van der Waals surface area (Å²) in [6.45, 7) is 7.45. The highest BCUT2D eigenvalue weighted by Crippen LogP contribution is 2.47. The summed E-state index contributed by atoms with van der Waals surface area (Å²) in [5.74, 6) is 1.19. The SMILES string of the molecule is COCC1(n2c(NS(=O)(=O)[C@@H](C)[C@@H](OC(C)C)c3ncc(C)cn3)nnc2-c2cccc(OC)n2)CC1. The number of methoxy groups -OCH3 is 2. The van der Waals surface area contributed by atoms with E-state index in [2.05, 4.69) is 29.9 Å². The number of pyridine rings is 1. The van der Waals surface area contributed by atoms with Crippen molar-refractivity contribution in [1.82, 2.24) is 29.7 Å². The monoisotopic (exact) mass is 531 g/mol. The van der Waals surface area contributed by atoms with Gasteiger partial charge in [0, 0.05) is 25.6 Å². The summed E-state index contributed by atoms with van der Waals surface area (Å²) in [6, 6.07) is 5.28. The van der Waals surface area contributed by atoms with Gasteiger partial charge in [0.15, 0.2) is 11.6 Å². The molecule has 4 rings (SSSR count). The van der Waals surface area contributed by atoms with Crippen LogP contribution in [0.15, 0.2) is 30.6 Å². The molecule has 1 aliphatic carbocycles. The van der Waals surface area contributed by atoms with E-state index in [1.54, 1.807) is 49.2 Å². The van der Waals surface area contributed by atoms with Crippen molar-refractivity contribution in [2.45, 2.75) is 63.5 Å². The van der Waals surface area contributed by atoms with Gasteiger partial charge in [-0.05, 0) is 52.2 Å². The van der Waals surface area contributed by atoms with Gasteiger partial charge in [-0.15, -0.1) is 10.2 Å². The van der Waals surface area contributed by atoms with Gasteiger partial charge in [0.25, 0.3) is 0 Å². The molecule has 0 amide bonds. The molecular weight excluding hydrogens is 498 g/mol. The van der Waals surface area contributed by atoms with Gasteiger partial charge in [-0.25, -0.2) is 23.4 Å². The van der Waals surface area contributed by atoms with Gasteiger partial charge < -0.3 is 14.2 Å². The second-order valence-electron chi connectivity index (χ2n) is 9.48. The molecule has 3 aromatic heterocycles. The summed E-state index contributed by atoms with van der Waals surface area (Å²) in [5.41, 5.74) is 0.870. The zero-order valence-electron chi connectivity index (χ0n) is 21.9. The molecule has 0 bridgehead atoms. The summed E-state index contributed by atoms with van der Waals surface area (Å²) < 4.78 is 48.5. The Kier molecular flexibility index (Phi) is 7.76. The van der Waals surface area contributed by atoms with Gasteiger partial charge in [-0.1, -0.05) is 6.07 Å². The predicted octanol–water partition coefficient (Wildman–Crippen LogP) is 2.88. The van der Waals surface area contributed by atoms with Crippen LogP contribution in [0.5, 0.6) is 5.88 Å². The second kappa shape index (κ2) is 10.7. The maximum atomic E-state index is 13.7. The van der Waals surface area contributed by atoms with Crippen LogP contribution in [0.4, 0.5) is 5.95 Å². The third-order valence-electron chi connectivity index (χ3n) is 6.16. The Bertz CT molecular complexity index is 1320. The number of hydrogen-bond donors (Lipinski definition) is 1. The number of sulfonamides is 1. The number of anilines is 1. The summed E-state index contributed by atoms with van der Waals surface area (Å²) in [5, 5.41) is 7.49. The first-order valence-corrected chi connectivity index (χ1v) is 13.6. The van der Waals surface area contributed by atoms with Gasteiger partial charge in [0.1, 0.15) is 17.0 Å². The Labute approximate surface area is 216 Å². The highest BCUT2D eigenvalue weighted by atomic mass is 32.2. The smallest absolute Gasteiger partial charge is 0.240 e. The number of hydrogen-bond acceptors (Lipinski definition) is 10. The highest BCUT2D eigenvalue weighted by Gasteiger charge is 2.49. The van der Waals surface area contributed by atoms with E-state index in [9.17, 15) is 8.42 Å². The standard InChI is InChI=1S/C24H33N7O5S/c1-15(2)36-20(21-25-12-16(3)13-26-21)17(4)37(32,33)30-23-29-28-22(18-8-7-9-19(27-18)35-6)31(23)24(10-11-24)14-34-5/h7-9,12-13,15,17,20H,10-11,14H2,1-6H3,(H,29,30)/t17-,20+/m0/s1. The highest BCUT2D eigenvalue weighted by molar-refractivity contribution is 7.93. The predicted molar refractivity (Wildman–Crippen MR) is 137 cm³/mol. The molecule has 12 nitrogen and oxygen atoms in total. The fourth-order valence-corrected chi connectivity index (χ4v) is 5.15. The Hall–Kier alpha value is -3.16. The Morgan fingerprint density at radius 3 is 2.41 bits per heavy atom. The van der Waals surface area contributed by atoms with Crippen LogP contribution in [0, 0.1) is 6.92 Å². The van der Waals surface area contributed by atoms with Crippen LogP contribution in [0.2, 0.25) is 0 Å². The molecule has 0 aromatic carbocycles. The first-order chi connectivity index (χ1) is 17.6. The van der Waals surface area contributed by atoms with E-state index < -0.39 is 26.9 Å². The zero-order chi connectivity index (χ0) is 26.8. The van der Waals surface area contributed by atoms with Gasteiger partial charge in [0.05, 0.1) is 25.4 Å². The van der Waals surface area contributed by atoms with E-state index in [1.807, 2.05) is 20.8 Å². The fraction of sp³-hybridized carbons (Fsp3) is 0.542. The number of nitrogens with one attached hydrogen (secondary N) is 1. The first kappa shape index (κ1) is 26.9. The van der Waals surface area contributed by atoms with Crippen molar-refractivity contribution in [3.05, 3.63) is 42.0 Å². The van der Waals surface area contributed by atoms with Crippen LogP contribution in [0.25, 0.3) is 11.5 Å². The Balaban J connectivity index is 1.72. The average molecular weight is 532 g/mol. The minimum absolute atomic E-state index is 0.0779. The molecular formula is C24H33N7O5S. The van der Waals surface area contributed by atoms with Crippen molar-refractivity contribution in [2.75, 3.05) is 25.5 Å². The van der Waals surface area contributed by atoms with Crippen molar-refractivity contribution >= 4 is 16.0 Å². The molecule has 1 aliphatic rings. The maximum absolute atomic E-state index is 13.7. The fourth-order valence-electron chi connectivity index (χ4n) is 4.07. The first-order valence-electron chi connectivity index (χ1n) is 12.0. The van der Waals surface area contributed by atoms with E-state index >= 15 is 0 Å². The molecule has 0 spiro atoms. The van der Waals surface area contributed by atoms with E-state index in [-0.39, 0.29) is 17.9 Å². The Morgan fingerprint density at radius 1 is 1.11 bits per heavy atom. The lowest BCUT2D eigenvalue weighted by Gasteiger charge is -2.26. The zero-order valence-corrected chi connectivity index (χ0v) is 22.7. The topological polar surface area (TPSA) is 143 Å². The molecule has 13 heteroatoms. The minimum Gasteiger partial charge on any atom is -0.481 e. The van der Waals surface area contributed by atoms with Gasteiger partial charge >= 0.3 is 0 Å². The average Bonchev–Trinajstić information content (AvgIpc) is 3.52. The normalized spacial score (nSPS) is 16.4. The van der Waals surface area contributed by atoms with Crippen molar-refractivity contribution in [1.29, 1.82) is 0 Å². The van der Waals surface area contributed by atoms with Crippen LogP contribution in [-0.2, 0) is 25.0 Å². The van der Waals surface area contributed by atoms with Gasteiger partial charge in [-0.3, -0.25) is 9.29 Å². The van der Waals surface area contributed by atoms with Crippen molar-refractivity contribution < 1.29 is 22.6 Å². The molecule has 37 heavy (non-hydrogen) atoms. The van der Waals surface area contributed by atoms with E-state index in [0.717, 1.165) is 18.4 Å². The van der Waals surface area contributed by atoms with Crippen LogP contribution in [0.1, 0.15) is 51.1 Å². The lowest BCUT2D eigenvalue weighted by atomic mass is 10.2. The summed E-state index contributed by atoms with van der Waals surface area (Å²) in [4.78, 5) is 13.1. The molecule has 0 saturated heterocycles. The van der Waals surface area contributed by atoms with Gasteiger partial charge in [0.2, 0.25) is 21.9 Å². The molecule has 0 radical (unpaired) electrons. The molecule has 3 aromatic rings. The van der Waals surface area contributed by atoms with Crippen molar-refractivity contribution in [3.8, 4) is 17.4 Å². The maximum Gasteiger partial charge on any atom is 0.240 e. The van der Waals surface area contributed by atoms with E-state index in [4.69, 9.17) is 14.2 Å². The van der Waals surface area contributed by atoms with Gasteiger partial charge in [-0.2, -0.15) is 0 Å². The lowest BCUT2D eigenvalue weighted by Crippen LogP contribution is -2.36. The van der Waals surface area contributed by atoms with Crippen molar-refractivity contribution in [2.24, 2.45) is 0 Å². The molecule has 1 saturated carbocycles. The quantitative estimate of drug-likeness (QED) is 0.370.